The maximum Gasteiger partial charge on any atom is 0.312 e. The van der Waals surface area contributed by atoms with E-state index in [9.17, 15) is 9.18 Å². The molecule has 1 rings (SSSR count). The molecular weight excluding hydrogens is 213 g/mol. The molecule has 0 aromatic heterocycles. The molecule has 0 heterocycles. The van der Waals surface area contributed by atoms with Crippen LogP contribution in [0.4, 0.5) is 10.1 Å². The molecule has 16 heavy (non-hydrogen) atoms. The Morgan fingerprint density at radius 2 is 2.19 bits per heavy atom. The largest absolute Gasteiger partial charge is 0.492 e. The van der Waals surface area contributed by atoms with E-state index in [-0.39, 0.29) is 18.0 Å². The number of aliphatic carboxylic acids is 1. The van der Waals surface area contributed by atoms with Gasteiger partial charge in [0.15, 0.2) is 0 Å². The molecule has 0 aliphatic heterocycles. The lowest BCUT2D eigenvalue weighted by Gasteiger charge is -2.19. The Labute approximate surface area is 92.8 Å². The number of nitrogen functional groups attached to an aromatic ring is 1. The Bertz CT molecular complexity index is 404. The summed E-state index contributed by atoms with van der Waals surface area (Å²) in [5.41, 5.74) is 4.31. The number of nitrogens with two attached hydrogens (primary N) is 1. The van der Waals surface area contributed by atoms with Gasteiger partial charge in [0, 0.05) is 6.07 Å². The second-order valence-corrected chi connectivity index (χ2v) is 4.16. The van der Waals surface area contributed by atoms with Crippen LogP contribution in [0.25, 0.3) is 0 Å². The molecule has 0 saturated carbocycles. The first-order chi connectivity index (χ1) is 7.33. The fourth-order valence-electron chi connectivity index (χ4n) is 0.923. The fourth-order valence-corrected chi connectivity index (χ4v) is 0.923. The van der Waals surface area contributed by atoms with Crippen molar-refractivity contribution in [2.24, 2.45) is 5.41 Å². The van der Waals surface area contributed by atoms with Crippen LogP contribution in [0.3, 0.4) is 0 Å². The summed E-state index contributed by atoms with van der Waals surface area (Å²) in [6, 6.07) is 4.00. The molecule has 1 aromatic rings. The number of rotatable bonds is 4. The van der Waals surface area contributed by atoms with Crippen LogP contribution in [-0.2, 0) is 4.79 Å². The van der Waals surface area contributed by atoms with E-state index in [1.54, 1.807) is 0 Å². The number of carbonyl (C=O) groups is 1. The second-order valence-electron chi connectivity index (χ2n) is 4.16. The maximum atomic E-state index is 13.0. The van der Waals surface area contributed by atoms with E-state index in [1.807, 2.05) is 0 Å². The third kappa shape index (κ3) is 2.85. The molecule has 0 spiro atoms. The van der Waals surface area contributed by atoms with Gasteiger partial charge in [-0.1, -0.05) is 0 Å². The van der Waals surface area contributed by atoms with Gasteiger partial charge in [0.1, 0.15) is 18.2 Å². The highest BCUT2D eigenvalue weighted by atomic mass is 19.1. The average molecular weight is 227 g/mol. The van der Waals surface area contributed by atoms with Gasteiger partial charge < -0.3 is 15.6 Å². The standard InChI is InChI=1S/C11H14FNO3/c1-11(2,10(14)15)6-16-7-3-4-9(13)8(12)5-7/h3-5H,6,13H2,1-2H3,(H,14,15). The summed E-state index contributed by atoms with van der Waals surface area (Å²) < 4.78 is 18.2. The summed E-state index contributed by atoms with van der Waals surface area (Å²) in [6.07, 6.45) is 0. The van der Waals surface area contributed by atoms with Crippen LogP contribution in [0.5, 0.6) is 5.75 Å². The molecule has 4 nitrogen and oxygen atoms in total. The zero-order valence-electron chi connectivity index (χ0n) is 9.16. The highest BCUT2D eigenvalue weighted by Crippen LogP contribution is 2.21. The molecule has 0 fully saturated rings. The van der Waals surface area contributed by atoms with Gasteiger partial charge in [-0.05, 0) is 26.0 Å². The van der Waals surface area contributed by atoms with Crippen molar-refractivity contribution >= 4 is 11.7 Å². The van der Waals surface area contributed by atoms with Crippen molar-refractivity contribution in [1.29, 1.82) is 0 Å². The van der Waals surface area contributed by atoms with Crippen LogP contribution >= 0.6 is 0 Å². The van der Waals surface area contributed by atoms with Crippen molar-refractivity contribution in [3.63, 3.8) is 0 Å². The minimum atomic E-state index is -1.02. The maximum absolute atomic E-state index is 13.0. The average Bonchev–Trinajstić information content (AvgIpc) is 2.20. The van der Waals surface area contributed by atoms with E-state index in [2.05, 4.69) is 0 Å². The molecule has 0 atom stereocenters. The predicted octanol–water partition coefficient (Wildman–Crippen LogP) is 1.90. The van der Waals surface area contributed by atoms with Crippen molar-refractivity contribution in [2.45, 2.75) is 13.8 Å². The zero-order valence-corrected chi connectivity index (χ0v) is 9.16. The van der Waals surface area contributed by atoms with Crippen LogP contribution in [0.2, 0.25) is 0 Å². The Kier molecular flexibility index (Phi) is 3.37. The molecule has 0 aliphatic rings. The SMILES string of the molecule is CC(C)(COc1ccc(N)c(F)c1)C(=O)O. The lowest BCUT2D eigenvalue weighted by molar-refractivity contribution is -0.148. The number of carboxylic acid groups (broad SMARTS) is 1. The lowest BCUT2D eigenvalue weighted by atomic mass is 9.95. The van der Waals surface area contributed by atoms with Gasteiger partial charge in [-0.2, -0.15) is 0 Å². The van der Waals surface area contributed by atoms with Gasteiger partial charge in [-0.25, -0.2) is 4.39 Å². The second kappa shape index (κ2) is 4.38. The lowest BCUT2D eigenvalue weighted by Crippen LogP contribution is -2.30. The molecule has 0 amide bonds. The summed E-state index contributed by atoms with van der Waals surface area (Å²) in [5, 5.41) is 8.84. The highest BCUT2D eigenvalue weighted by molar-refractivity contribution is 5.73. The third-order valence-corrected chi connectivity index (χ3v) is 2.15. The van der Waals surface area contributed by atoms with Gasteiger partial charge in [0.05, 0.1) is 11.1 Å². The Balaban J connectivity index is 2.68. The quantitative estimate of drug-likeness (QED) is 0.770. The van der Waals surface area contributed by atoms with Gasteiger partial charge >= 0.3 is 5.97 Å². The van der Waals surface area contributed by atoms with Crippen molar-refractivity contribution in [3.05, 3.63) is 24.0 Å². The van der Waals surface area contributed by atoms with Crippen LogP contribution < -0.4 is 10.5 Å². The van der Waals surface area contributed by atoms with Crippen LogP contribution in [0, 0.1) is 11.2 Å². The van der Waals surface area contributed by atoms with Crippen molar-refractivity contribution in [3.8, 4) is 5.75 Å². The Hall–Kier alpha value is -1.78. The molecule has 0 radical (unpaired) electrons. The summed E-state index contributed by atoms with van der Waals surface area (Å²) in [4.78, 5) is 10.8. The summed E-state index contributed by atoms with van der Waals surface area (Å²) in [7, 11) is 0. The number of hydrogen-bond donors (Lipinski definition) is 2. The zero-order chi connectivity index (χ0) is 12.3. The molecule has 3 N–H and O–H groups in total. The van der Waals surface area contributed by atoms with E-state index in [0.717, 1.165) is 6.07 Å². The van der Waals surface area contributed by atoms with Crippen LogP contribution in [0.15, 0.2) is 18.2 Å². The highest BCUT2D eigenvalue weighted by Gasteiger charge is 2.28. The van der Waals surface area contributed by atoms with Crippen LogP contribution in [0.1, 0.15) is 13.8 Å². The number of ether oxygens (including phenoxy) is 1. The molecule has 0 aliphatic carbocycles. The summed E-state index contributed by atoms with van der Waals surface area (Å²) >= 11 is 0. The fraction of sp³-hybridized carbons (Fsp3) is 0.364. The molecule has 0 bridgehead atoms. The van der Waals surface area contributed by atoms with E-state index in [0.29, 0.717) is 0 Å². The number of benzene rings is 1. The monoisotopic (exact) mass is 227 g/mol. The van der Waals surface area contributed by atoms with E-state index >= 15 is 0 Å². The van der Waals surface area contributed by atoms with Gasteiger partial charge in [0.2, 0.25) is 0 Å². The smallest absolute Gasteiger partial charge is 0.312 e. The number of halogens is 1. The first-order valence-corrected chi connectivity index (χ1v) is 4.74. The first kappa shape index (κ1) is 12.3. The predicted molar refractivity (Wildman–Crippen MR) is 57.7 cm³/mol. The number of hydrogen-bond acceptors (Lipinski definition) is 3. The topological polar surface area (TPSA) is 72.5 Å². The molecule has 1 aromatic carbocycles. The van der Waals surface area contributed by atoms with E-state index in [1.165, 1.54) is 26.0 Å². The Morgan fingerprint density at radius 3 is 2.69 bits per heavy atom. The Morgan fingerprint density at radius 1 is 1.56 bits per heavy atom. The molecule has 0 unspecified atom stereocenters. The molecular formula is C11H14FNO3. The minimum absolute atomic E-state index is 0.0323. The van der Waals surface area contributed by atoms with Gasteiger partial charge in [-0.3, -0.25) is 4.79 Å². The van der Waals surface area contributed by atoms with Gasteiger partial charge in [-0.15, -0.1) is 0 Å². The normalized spacial score (nSPS) is 11.2. The first-order valence-electron chi connectivity index (χ1n) is 4.74. The van der Waals surface area contributed by atoms with Gasteiger partial charge in [0.25, 0.3) is 0 Å². The van der Waals surface area contributed by atoms with Crippen LogP contribution in [-0.4, -0.2) is 17.7 Å². The van der Waals surface area contributed by atoms with Crippen molar-refractivity contribution in [2.75, 3.05) is 12.3 Å². The minimum Gasteiger partial charge on any atom is -0.492 e. The number of carboxylic acids is 1. The summed E-state index contributed by atoms with van der Waals surface area (Å²) in [5.74, 6) is -1.28. The van der Waals surface area contributed by atoms with Crippen molar-refractivity contribution < 1.29 is 19.0 Å². The molecule has 5 heteroatoms. The molecule has 88 valence electrons. The van der Waals surface area contributed by atoms with E-state index < -0.39 is 17.2 Å². The van der Waals surface area contributed by atoms with Crippen molar-refractivity contribution in [1.82, 2.24) is 0 Å². The number of anilines is 1. The third-order valence-electron chi connectivity index (χ3n) is 2.15. The van der Waals surface area contributed by atoms with E-state index in [4.69, 9.17) is 15.6 Å². The summed E-state index contributed by atoms with van der Waals surface area (Å²) in [6.45, 7) is 3.03. The molecule has 0 saturated heterocycles.